The van der Waals surface area contributed by atoms with Crippen molar-refractivity contribution < 1.29 is 41.0 Å². The number of nitrogens with zero attached hydrogens (tertiary/aromatic N) is 2. The standard InChI is InChI=1S/C19H30ClN3O4S.C2HF3O2/c1-16(2)27-14-3-10-22(19(24)17-4-6-18(20)7-5-17)13-15-28(25,26)23-11-8-21-9-12-23;3-2(4,5)1(6)7/h4-7,16,21H,3,8-15H2,1-2H3;(H,6,7). The first kappa shape index (κ1) is 31.1. The Labute approximate surface area is 208 Å². The Morgan fingerprint density at radius 2 is 1.71 bits per heavy atom. The maximum absolute atomic E-state index is 12.9. The number of aliphatic carboxylic acids is 1. The van der Waals surface area contributed by atoms with Gasteiger partial charge in [0.25, 0.3) is 5.91 Å². The smallest absolute Gasteiger partial charge is 0.475 e. The summed E-state index contributed by atoms with van der Waals surface area (Å²) in [5.74, 6) is -3.04. The third-order valence-electron chi connectivity index (χ3n) is 4.73. The average Bonchev–Trinajstić information content (AvgIpc) is 2.79. The van der Waals surface area contributed by atoms with E-state index in [9.17, 15) is 26.4 Å². The highest BCUT2D eigenvalue weighted by atomic mass is 35.5. The summed E-state index contributed by atoms with van der Waals surface area (Å²) in [5.41, 5.74) is 0.494. The van der Waals surface area contributed by atoms with Gasteiger partial charge in [0, 0.05) is 56.5 Å². The van der Waals surface area contributed by atoms with E-state index in [4.69, 9.17) is 26.2 Å². The molecule has 1 aromatic carbocycles. The summed E-state index contributed by atoms with van der Waals surface area (Å²) < 4.78 is 64.0. The number of rotatable bonds is 10. The minimum atomic E-state index is -5.08. The maximum atomic E-state index is 12.9. The zero-order valence-corrected chi connectivity index (χ0v) is 21.1. The van der Waals surface area contributed by atoms with Gasteiger partial charge in [-0.1, -0.05) is 11.6 Å². The summed E-state index contributed by atoms with van der Waals surface area (Å²) in [4.78, 5) is 23.4. The number of sulfonamides is 1. The Hall–Kier alpha value is -1.93. The van der Waals surface area contributed by atoms with Gasteiger partial charge in [-0.3, -0.25) is 4.79 Å². The van der Waals surface area contributed by atoms with Crippen LogP contribution in [0.25, 0.3) is 0 Å². The van der Waals surface area contributed by atoms with Gasteiger partial charge in [-0.25, -0.2) is 13.2 Å². The molecule has 0 aliphatic carbocycles. The number of hydrogen-bond donors (Lipinski definition) is 2. The molecule has 2 N–H and O–H groups in total. The zero-order chi connectivity index (χ0) is 26.6. The second-order valence-corrected chi connectivity index (χ2v) is 10.4. The third-order valence-corrected chi connectivity index (χ3v) is 6.84. The maximum Gasteiger partial charge on any atom is 0.490 e. The van der Waals surface area contributed by atoms with Crippen molar-refractivity contribution in [3.8, 4) is 0 Å². The second kappa shape index (κ2) is 14.6. The molecule has 1 aliphatic rings. The Morgan fingerprint density at radius 1 is 1.17 bits per heavy atom. The summed E-state index contributed by atoms with van der Waals surface area (Å²) in [7, 11) is -3.40. The molecule has 1 saturated heterocycles. The van der Waals surface area contributed by atoms with Crippen LogP contribution in [0.1, 0.15) is 30.6 Å². The number of carboxylic acid groups (broad SMARTS) is 1. The molecule has 0 spiro atoms. The lowest BCUT2D eigenvalue weighted by Gasteiger charge is -2.28. The van der Waals surface area contributed by atoms with Gasteiger partial charge in [0.2, 0.25) is 10.0 Å². The molecular weight excluding hydrogens is 515 g/mol. The molecule has 1 heterocycles. The summed E-state index contributed by atoms with van der Waals surface area (Å²) in [6.45, 7) is 7.25. The lowest BCUT2D eigenvalue weighted by atomic mass is 10.2. The van der Waals surface area contributed by atoms with Crippen molar-refractivity contribution >= 4 is 33.5 Å². The van der Waals surface area contributed by atoms with Crippen LogP contribution >= 0.6 is 11.6 Å². The van der Waals surface area contributed by atoms with Gasteiger partial charge in [-0.15, -0.1) is 0 Å². The quantitative estimate of drug-likeness (QED) is 0.434. The van der Waals surface area contributed by atoms with Gasteiger partial charge in [-0.05, 0) is 44.5 Å². The van der Waals surface area contributed by atoms with Crippen LogP contribution in [0.2, 0.25) is 5.02 Å². The van der Waals surface area contributed by atoms with Crippen molar-refractivity contribution in [2.45, 2.75) is 32.5 Å². The van der Waals surface area contributed by atoms with E-state index in [0.29, 0.717) is 56.3 Å². The van der Waals surface area contributed by atoms with Crippen molar-refractivity contribution in [3.63, 3.8) is 0 Å². The number of halogens is 4. The molecule has 0 radical (unpaired) electrons. The molecule has 0 saturated carbocycles. The first-order valence-electron chi connectivity index (χ1n) is 10.9. The van der Waals surface area contributed by atoms with Crippen LogP contribution < -0.4 is 5.32 Å². The fraction of sp³-hybridized carbons (Fsp3) is 0.619. The molecule has 1 amide bonds. The largest absolute Gasteiger partial charge is 0.490 e. The predicted molar refractivity (Wildman–Crippen MR) is 125 cm³/mol. The number of carbonyl (C=O) groups excluding carboxylic acids is 1. The number of amides is 1. The van der Waals surface area contributed by atoms with Crippen LogP contribution in [-0.2, 0) is 19.6 Å². The SMILES string of the molecule is CC(C)OCCCN(CCS(=O)(=O)N1CCNCC1)C(=O)c1ccc(Cl)cc1.O=C(O)C(F)(F)F. The molecule has 0 unspecified atom stereocenters. The van der Waals surface area contributed by atoms with Crippen LogP contribution in [0, 0.1) is 0 Å². The van der Waals surface area contributed by atoms with Crippen molar-refractivity contribution in [2.24, 2.45) is 0 Å². The monoisotopic (exact) mass is 545 g/mol. The molecule has 0 bridgehead atoms. The van der Waals surface area contributed by atoms with Crippen LogP contribution in [0.5, 0.6) is 0 Å². The first-order chi connectivity index (χ1) is 16.2. The Morgan fingerprint density at radius 3 is 2.20 bits per heavy atom. The number of carbonyl (C=O) groups is 2. The molecule has 1 fully saturated rings. The number of nitrogens with one attached hydrogen (secondary N) is 1. The summed E-state index contributed by atoms with van der Waals surface area (Å²) in [5, 5.41) is 10.8. The van der Waals surface area contributed by atoms with Crippen molar-refractivity contribution in [1.29, 1.82) is 0 Å². The van der Waals surface area contributed by atoms with Gasteiger partial charge < -0.3 is 20.1 Å². The fourth-order valence-corrected chi connectivity index (χ4v) is 4.52. The number of piperazine rings is 1. The Bertz CT molecular complexity index is 908. The van der Waals surface area contributed by atoms with Gasteiger partial charge >= 0.3 is 12.1 Å². The van der Waals surface area contributed by atoms with Crippen LogP contribution in [0.3, 0.4) is 0 Å². The normalized spacial score (nSPS) is 14.8. The molecule has 200 valence electrons. The number of ether oxygens (including phenoxy) is 1. The van der Waals surface area contributed by atoms with Crippen LogP contribution in [-0.4, -0.2) is 98.5 Å². The van der Waals surface area contributed by atoms with Gasteiger partial charge in [0.15, 0.2) is 0 Å². The summed E-state index contributed by atoms with van der Waals surface area (Å²) in [6, 6.07) is 6.64. The first-order valence-corrected chi connectivity index (χ1v) is 12.9. The van der Waals surface area contributed by atoms with E-state index < -0.39 is 22.2 Å². The van der Waals surface area contributed by atoms with Crippen molar-refractivity contribution in [1.82, 2.24) is 14.5 Å². The van der Waals surface area contributed by atoms with E-state index in [0.717, 1.165) is 0 Å². The van der Waals surface area contributed by atoms with E-state index in [2.05, 4.69) is 5.32 Å². The predicted octanol–water partition coefficient (Wildman–Crippen LogP) is 2.47. The minimum Gasteiger partial charge on any atom is -0.475 e. The molecule has 0 aromatic heterocycles. The van der Waals surface area contributed by atoms with E-state index in [-0.39, 0.29) is 24.3 Å². The van der Waals surface area contributed by atoms with Gasteiger partial charge in [0.05, 0.1) is 11.9 Å². The number of alkyl halides is 3. The van der Waals surface area contributed by atoms with E-state index in [1.807, 2.05) is 13.8 Å². The van der Waals surface area contributed by atoms with Crippen molar-refractivity contribution in [2.75, 3.05) is 51.6 Å². The summed E-state index contributed by atoms with van der Waals surface area (Å²) in [6.07, 6.45) is -4.32. The number of hydrogen-bond acceptors (Lipinski definition) is 6. The van der Waals surface area contributed by atoms with Gasteiger partial charge in [0.1, 0.15) is 0 Å². The molecule has 1 aromatic rings. The number of carboxylic acids is 1. The zero-order valence-electron chi connectivity index (χ0n) is 19.6. The van der Waals surface area contributed by atoms with Crippen LogP contribution in [0.4, 0.5) is 13.2 Å². The Kier molecular flexibility index (Phi) is 13.0. The molecule has 1 aliphatic heterocycles. The minimum absolute atomic E-state index is 0.0859. The lowest BCUT2D eigenvalue weighted by Crippen LogP contribution is -2.48. The molecule has 14 heteroatoms. The second-order valence-electron chi connectivity index (χ2n) is 7.84. The van der Waals surface area contributed by atoms with E-state index in [1.165, 1.54) is 4.31 Å². The summed E-state index contributed by atoms with van der Waals surface area (Å²) >= 11 is 5.90. The molecular formula is C21H31ClF3N3O6S. The average molecular weight is 546 g/mol. The van der Waals surface area contributed by atoms with Gasteiger partial charge in [-0.2, -0.15) is 17.5 Å². The third kappa shape index (κ3) is 12.0. The fourth-order valence-electron chi connectivity index (χ4n) is 2.94. The highest BCUT2D eigenvalue weighted by Crippen LogP contribution is 2.14. The highest BCUT2D eigenvalue weighted by Gasteiger charge is 2.38. The molecule has 9 nitrogen and oxygen atoms in total. The topological polar surface area (TPSA) is 116 Å². The molecule has 35 heavy (non-hydrogen) atoms. The Balaban J connectivity index is 0.000000762. The van der Waals surface area contributed by atoms with Crippen molar-refractivity contribution in [3.05, 3.63) is 34.9 Å². The highest BCUT2D eigenvalue weighted by molar-refractivity contribution is 7.89. The molecule has 2 rings (SSSR count). The van der Waals surface area contributed by atoms with E-state index >= 15 is 0 Å². The van der Waals surface area contributed by atoms with Crippen LogP contribution in [0.15, 0.2) is 24.3 Å². The lowest BCUT2D eigenvalue weighted by molar-refractivity contribution is -0.192. The molecule has 0 atom stereocenters. The van der Waals surface area contributed by atoms with E-state index in [1.54, 1.807) is 29.2 Å². The number of benzene rings is 1.